The number of benzene rings is 2. The molecule has 39 heavy (non-hydrogen) atoms. The molecule has 8 nitrogen and oxygen atoms in total. The Kier molecular flexibility index (Phi) is 10.3. The number of nitrogens with one attached hydrogen (secondary N) is 1. The van der Waals surface area contributed by atoms with Crippen molar-refractivity contribution in [1.29, 1.82) is 0 Å². The third kappa shape index (κ3) is 7.87. The number of carbonyl (C=O) groups is 2. The van der Waals surface area contributed by atoms with Crippen molar-refractivity contribution in [3.63, 3.8) is 0 Å². The van der Waals surface area contributed by atoms with E-state index in [0.29, 0.717) is 18.4 Å². The fourth-order valence-corrected chi connectivity index (χ4v) is 6.00. The van der Waals surface area contributed by atoms with Gasteiger partial charge >= 0.3 is 12.1 Å². The zero-order chi connectivity index (χ0) is 28.8. The van der Waals surface area contributed by atoms with E-state index < -0.39 is 21.8 Å². The Morgan fingerprint density at radius 3 is 2.31 bits per heavy atom. The van der Waals surface area contributed by atoms with Gasteiger partial charge in [-0.25, -0.2) is 8.42 Å². The van der Waals surface area contributed by atoms with Gasteiger partial charge in [0.1, 0.15) is 0 Å². The van der Waals surface area contributed by atoms with E-state index >= 15 is 0 Å². The van der Waals surface area contributed by atoms with Crippen LogP contribution in [-0.2, 0) is 25.7 Å². The van der Waals surface area contributed by atoms with Crippen LogP contribution in [-0.4, -0.2) is 76.3 Å². The zero-order valence-corrected chi connectivity index (χ0v) is 23.0. The summed E-state index contributed by atoms with van der Waals surface area (Å²) >= 11 is 0. The van der Waals surface area contributed by atoms with Crippen LogP contribution >= 0.6 is 0 Å². The SMILES string of the molecule is CCOC(=O)C1CCN(S(=O)(=O)c2cccc(C(=O)CNCC(c3ccc(C(F)(F)F)cc3)N(C)C)c2)CC1. The van der Waals surface area contributed by atoms with Crippen LogP contribution in [0.5, 0.6) is 0 Å². The van der Waals surface area contributed by atoms with E-state index in [1.165, 1.54) is 40.7 Å². The van der Waals surface area contributed by atoms with Crippen molar-refractivity contribution in [1.82, 2.24) is 14.5 Å². The molecule has 0 aromatic heterocycles. The van der Waals surface area contributed by atoms with Crippen LogP contribution < -0.4 is 5.32 Å². The average molecular weight is 570 g/mol. The molecule has 1 atom stereocenters. The first-order chi connectivity index (χ1) is 18.3. The second-order valence-corrected chi connectivity index (χ2v) is 11.5. The van der Waals surface area contributed by atoms with Gasteiger partial charge in [-0.1, -0.05) is 24.3 Å². The van der Waals surface area contributed by atoms with E-state index in [0.717, 1.165) is 12.1 Å². The summed E-state index contributed by atoms with van der Waals surface area (Å²) in [4.78, 5) is 26.7. The average Bonchev–Trinajstić information content (AvgIpc) is 2.90. The number of piperidine rings is 1. The van der Waals surface area contributed by atoms with Gasteiger partial charge < -0.3 is 15.0 Å². The summed E-state index contributed by atoms with van der Waals surface area (Å²) in [5.41, 5.74) is 0.152. The number of hydrogen-bond donors (Lipinski definition) is 1. The topological polar surface area (TPSA) is 96.0 Å². The molecule has 0 bridgehead atoms. The Morgan fingerprint density at radius 2 is 1.74 bits per heavy atom. The summed E-state index contributed by atoms with van der Waals surface area (Å²) in [6.07, 6.45) is -3.68. The molecular formula is C27H34F3N3O5S. The molecule has 3 rings (SSSR count). The largest absolute Gasteiger partial charge is 0.466 e. The Bertz CT molecular complexity index is 1240. The van der Waals surface area contributed by atoms with E-state index in [2.05, 4.69) is 5.32 Å². The quantitative estimate of drug-likeness (QED) is 0.325. The van der Waals surface area contributed by atoms with Crippen LogP contribution in [0.3, 0.4) is 0 Å². The Balaban J connectivity index is 1.61. The molecule has 1 N–H and O–H groups in total. The maximum atomic E-state index is 13.2. The molecule has 1 heterocycles. The van der Waals surface area contributed by atoms with Crippen molar-refractivity contribution in [2.45, 2.75) is 36.9 Å². The zero-order valence-electron chi connectivity index (χ0n) is 22.2. The molecule has 12 heteroatoms. The fraction of sp³-hybridized carbons (Fsp3) is 0.481. The number of hydrogen-bond acceptors (Lipinski definition) is 7. The number of carbonyl (C=O) groups excluding carboxylic acids is 2. The number of likely N-dealkylation sites (N-methyl/N-ethyl adjacent to an activating group) is 1. The van der Waals surface area contributed by atoms with Crippen molar-refractivity contribution in [3.8, 4) is 0 Å². The first-order valence-electron chi connectivity index (χ1n) is 12.7. The number of Topliss-reactive ketones (excluding diaryl/α,β-unsaturated/α-hetero) is 1. The third-order valence-electron chi connectivity index (χ3n) is 6.74. The van der Waals surface area contributed by atoms with Gasteiger partial charge in [-0.15, -0.1) is 0 Å². The molecule has 2 aromatic carbocycles. The number of halogens is 3. The molecule has 0 radical (unpaired) electrons. The predicted octanol–water partition coefficient (Wildman–Crippen LogP) is 3.74. The minimum atomic E-state index is -4.42. The Hall–Kier alpha value is -2.80. The van der Waals surface area contributed by atoms with Crippen LogP contribution in [0.15, 0.2) is 53.4 Å². The van der Waals surface area contributed by atoms with Gasteiger partial charge in [-0.3, -0.25) is 9.59 Å². The summed E-state index contributed by atoms with van der Waals surface area (Å²) in [6.45, 7) is 2.57. The molecule has 0 spiro atoms. The summed E-state index contributed by atoms with van der Waals surface area (Å²) in [5.74, 6) is -0.966. The molecule has 1 saturated heterocycles. The van der Waals surface area contributed by atoms with Gasteiger partial charge in [0.15, 0.2) is 5.78 Å². The second kappa shape index (κ2) is 13.0. The monoisotopic (exact) mass is 569 g/mol. The second-order valence-electron chi connectivity index (χ2n) is 9.61. The highest BCUT2D eigenvalue weighted by molar-refractivity contribution is 7.89. The van der Waals surface area contributed by atoms with Crippen LogP contribution in [0.4, 0.5) is 13.2 Å². The van der Waals surface area contributed by atoms with Crippen LogP contribution in [0.2, 0.25) is 0 Å². The lowest BCUT2D eigenvalue weighted by molar-refractivity contribution is -0.149. The van der Waals surface area contributed by atoms with Crippen molar-refractivity contribution in [3.05, 3.63) is 65.2 Å². The van der Waals surface area contributed by atoms with E-state index in [9.17, 15) is 31.2 Å². The number of alkyl halides is 3. The molecule has 1 fully saturated rings. The standard InChI is InChI=1S/C27H34F3N3O5S/c1-4-38-26(35)20-12-14-33(15-13-20)39(36,37)23-7-5-6-21(16-23)25(34)18-31-17-24(32(2)3)19-8-10-22(11-9-19)27(28,29)30/h5-11,16,20,24,31H,4,12-15,17-18H2,1-3H3. The molecule has 214 valence electrons. The highest BCUT2D eigenvalue weighted by Crippen LogP contribution is 2.30. The Morgan fingerprint density at radius 1 is 1.10 bits per heavy atom. The fourth-order valence-electron chi connectivity index (χ4n) is 4.49. The summed E-state index contributed by atoms with van der Waals surface area (Å²) < 4.78 is 71.4. The molecule has 1 unspecified atom stereocenters. The van der Waals surface area contributed by atoms with Crippen LogP contribution in [0.1, 0.15) is 47.3 Å². The first-order valence-corrected chi connectivity index (χ1v) is 14.1. The lowest BCUT2D eigenvalue weighted by atomic mass is 9.98. The number of nitrogens with zero attached hydrogens (tertiary/aromatic N) is 2. The van der Waals surface area contributed by atoms with E-state index in [1.807, 2.05) is 4.90 Å². The maximum Gasteiger partial charge on any atom is 0.416 e. The number of ketones is 1. The lowest BCUT2D eigenvalue weighted by Crippen LogP contribution is -2.40. The van der Waals surface area contributed by atoms with E-state index in [1.54, 1.807) is 21.0 Å². The normalized spacial score (nSPS) is 16.3. The molecular weight excluding hydrogens is 535 g/mol. The van der Waals surface area contributed by atoms with Gasteiger partial charge in [-0.2, -0.15) is 17.5 Å². The predicted molar refractivity (Wildman–Crippen MR) is 140 cm³/mol. The van der Waals surface area contributed by atoms with Crippen molar-refractivity contribution in [2.75, 3.05) is 46.9 Å². The molecule has 1 aliphatic heterocycles. The molecule has 1 aliphatic rings. The number of esters is 1. The van der Waals surface area contributed by atoms with Crippen LogP contribution in [0, 0.1) is 5.92 Å². The maximum absolute atomic E-state index is 13.2. The van der Waals surface area contributed by atoms with Gasteiger partial charge in [0, 0.05) is 31.2 Å². The van der Waals surface area contributed by atoms with Crippen molar-refractivity contribution < 1.29 is 35.9 Å². The van der Waals surface area contributed by atoms with Crippen molar-refractivity contribution >= 4 is 21.8 Å². The minimum Gasteiger partial charge on any atom is -0.466 e. The Labute approximate surface area is 227 Å². The molecule has 2 aromatic rings. The van der Waals surface area contributed by atoms with E-state index in [-0.39, 0.29) is 67.0 Å². The lowest BCUT2D eigenvalue weighted by Gasteiger charge is -2.30. The highest BCUT2D eigenvalue weighted by Gasteiger charge is 2.33. The van der Waals surface area contributed by atoms with Crippen LogP contribution in [0.25, 0.3) is 0 Å². The summed E-state index contributed by atoms with van der Waals surface area (Å²) in [6, 6.07) is 10.4. The first kappa shape index (κ1) is 30.7. The smallest absolute Gasteiger partial charge is 0.416 e. The highest BCUT2D eigenvalue weighted by atomic mass is 32.2. The van der Waals surface area contributed by atoms with Gasteiger partial charge in [0.2, 0.25) is 10.0 Å². The molecule has 0 aliphatic carbocycles. The molecule has 0 amide bonds. The minimum absolute atomic E-state index is 0.00106. The van der Waals surface area contributed by atoms with E-state index in [4.69, 9.17) is 4.74 Å². The van der Waals surface area contributed by atoms with Gasteiger partial charge in [-0.05, 0) is 63.7 Å². The van der Waals surface area contributed by atoms with Gasteiger partial charge in [0.25, 0.3) is 0 Å². The summed E-state index contributed by atoms with van der Waals surface area (Å²) in [7, 11) is -0.278. The molecule has 0 saturated carbocycles. The van der Waals surface area contributed by atoms with Crippen molar-refractivity contribution in [2.24, 2.45) is 5.92 Å². The number of sulfonamides is 1. The number of ether oxygens (including phenoxy) is 1. The third-order valence-corrected chi connectivity index (χ3v) is 8.63. The van der Waals surface area contributed by atoms with Gasteiger partial charge in [0.05, 0.1) is 29.5 Å². The number of rotatable bonds is 11. The summed E-state index contributed by atoms with van der Waals surface area (Å²) in [5, 5.41) is 3.04.